The molecule has 8 atom stereocenters. The van der Waals surface area contributed by atoms with Gasteiger partial charge in [-0.3, -0.25) is 53.3 Å². The minimum Gasteiger partial charge on any atom is -0.480 e. The van der Waals surface area contributed by atoms with Gasteiger partial charge in [-0.25, -0.2) is 4.79 Å². The molecule has 1 saturated heterocycles. The Morgan fingerprint density at radius 2 is 1.01 bits per heavy atom. The molecule has 0 aromatic carbocycles. The lowest BCUT2D eigenvalue weighted by molar-refractivity contribution is -0.143. The van der Waals surface area contributed by atoms with Crippen molar-refractivity contribution >= 4 is 71.1 Å². The van der Waals surface area contributed by atoms with Crippen molar-refractivity contribution in [2.45, 2.75) is 173 Å². The first-order valence-corrected chi connectivity index (χ1v) is 26.4. The summed E-state index contributed by atoms with van der Waals surface area (Å²) in [5.41, 5.74) is 44.3. The second-order valence-electron chi connectivity index (χ2n) is 20.3. The summed E-state index contributed by atoms with van der Waals surface area (Å²) in [4.78, 5) is 135. The number of guanidine groups is 3. The van der Waals surface area contributed by atoms with Gasteiger partial charge in [-0.15, -0.1) is 0 Å². The molecule has 438 valence electrons. The molecule has 0 saturated carbocycles. The molecule has 0 aliphatic carbocycles. The predicted molar refractivity (Wildman–Crippen MR) is 291 cm³/mol. The van der Waals surface area contributed by atoms with Gasteiger partial charge in [-0.05, 0) is 108 Å². The lowest BCUT2D eigenvalue weighted by Crippen LogP contribution is -2.60. The average molecular weight is 1090 g/mol. The molecule has 29 nitrogen and oxygen atoms in total. The third-order valence-corrected chi connectivity index (χ3v) is 12.2. The molecule has 8 amide bonds. The molecule has 1 heterocycles. The molecule has 77 heavy (non-hydrogen) atoms. The molecule has 0 spiro atoms. The van der Waals surface area contributed by atoms with Gasteiger partial charge in [0.15, 0.2) is 17.9 Å². The summed E-state index contributed by atoms with van der Waals surface area (Å²) in [6.45, 7) is 11.0. The number of carboxylic acid groups (broad SMARTS) is 1. The summed E-state index contributed by atoms with van der Waals surface area (Å²) < 4.78 is 0. The van der Waals surface area contributed by atoms with Crippen molar-refractivity contribution in [1.82, 2.24) is 42.1 Å². The van der Waals surface area contributed by atoms with Crippen molar-refractivity contribution in [3.05, 3.63) is 0 Å². The van der Waals surface area contributed by atoms with Crippen LogP contribution in [0.15, 0.2) is 15.0 Å². The normalized spacial score (nSPS) is 15.8. The maximum atomic E-state index is 14.3. The zero-order chi connectivity index (χ0) is 58.4. The van der Waals surface area contributed by atoms with Crippen molar-refractivity contribution in [2.24, 2.45) is 78.6 Å². The summed E-state index contributed by atoms with van der Waals surface area (Å²) >= 11 is 0. The number of aliphatic carboxylic acids is 1. The highest BCUT2D eigenvalue weighted by Gasteiger charge is 2.40. The summed E-state index contributed by atoms with van der Waals surface area (Å²) in [7, 11) is 0. The Morgan fingerprint density at radius 3 is 1.49 bits per heavy atom. The second kappa shape index (κ2) is 36.1. The summed E-state index contributed by atoms with van der Waals surface area (Å²) in [6.07, 6.45) is 3.04. The number of nitrogens with two attached hydrogens (primary N) is 8. The standard InChI is InChI=1S/C48H91N19O10/c1-26(2)23-33(41(72)62-30(15-10-20-58-47(53)54)40(71)65-34(45(76)77)24-27(3)4)64-39(70)31(16-11-21-59-48(55)56)63-43(74)37(28(5)6)66-42(73)35-17-12-22-67(35)44(75)32(14-7-8-18-49)61-36(68)25-60-38(69)29(50)13-9-19-57-46(51)52/h26-35,37H,7-25,49-50H2,1-6H3,(H,60,69)(H,61,68)(H,62,72)(H,63,74)(H,64,70)(H,65,71)(H,66,73)(H,76,77)(H4,51,52,57)(H4,53,54,58)(H4,55,56,59)/t29-,30-,31-,32-,33-,34-,35-,37-/m0/s1. The molecule has 0 bridgehead atoms. The highest BCUT2D eigenvalue weighted by Crippen LogP contribution is 2.21. The molecular formula is C48H91N19O10. The number of carbonyl (C=O) groups excluding carboxylic acids is 8. The Hall–Kier alpha value is -7.04. The number of carboxylic acids is 1. The van der Waals surface area contributed by atoms with E-state index >= 15 is 0 Å². The molecule has 0 aromatic rings. The van der Waals surface area contributed by atoms with Crippen LogP contribution in [-0.2, 0) is 43.2 Å². The van der Waals surface area contributed by atoms with Crippen molar-refractivity contribution < 1.29 is 48.3 Å². The first-order chi connectivity index (χ1) is 36.2. The van der Waals surface area contributed by atoms with Gasteiger partial charge in [0.2, 0.25) is 47.3 Å². The molecule has 24 N–H and O–H groups in total. The van der Waals surface area contributed by atoms with E-state index in [9.17, 15) is 48.3 Å². The van der Waals surface area contributed by atoms with E-state index in [-0.39, 0.29) is 114 Å². The fourth-order valence-electron chi connectivity index (χ4n) is 8.25. The van der Waals surface area contributed by atoms with Crippen LogP contribution < -0.4 is 83.1 Å². The highest BCUT2D eigenvalue weighted by atomic mass is 16.4. The number of rotatable bonds is 37. The van der Waals surface area contributed by atoms with Crippen molar-refractivity contribution in [1.29, 1.82) is 0 Å². The number of nitrogens with zero attached hydrogens (tertiary/aromatic N) is 4. The van der Waals surface area contributed by atoms with Crippen LogP contribution in [0.3, 0.4) is 0 Å². The van der Waals surface area contributed by atoms with Crippen LogP contribution in [0.4, 0.5) is 0 Å². The Morgan fingerprint density at radius 1 is 0.558 bits per heavy atom. The predicted octanol–water partition coefficient (Wildman–Crippen LogP) is -4.55. The maximum Gasteiger partial charge on any atom is 0.326 e. The molecule has 0 aromatic heterocycles. The van der Waals surface area contributed by atoms with E-state index in [1.807, 2.05) is 0 Å². The molecule has 1 aliphatic heterocycles. The third kappa shape index (κ3) is 27.5. The van der Waals surface area contributed by atoms with Crippen LogP contribution in [-0.4, -0.2) is 169 Å². The van der Waals surface area contributed by atoms with Crippen LogP contribution in [0, 0.1) is 17.8 Å². The van der Waals surface area contributed by atoms with E-state index in [1.165, 1.54) is 4.90 Å². The smallest absolute Gasteiger partial charge is 0.326 e. The first kappa shape index (κ1) is 68.0. The SMILES string of the molecule is CC(C)C[C@H](NC(=O)[C@H](CCCN=C(N)N)NC(=O)[C@H](CC(C)C)NC(=O)[C@H](CCCN=C(N)N)NC(=O)[C@@H](NC(=O)[C@@H]1CCCN1C(=O)[C@H](CCCCN)NC(=O)CNC(=O)[C@@H](N)CCCN=C(N)N)C(C)C)C(=O)O. The number of amides is 8. The zero-order valence-corrected chi connectivity index (χ0v) is 45.8. The van der Waals surface area contributed by atoms with Gasteiger partial charge < -0.3 is 93.1 Å². The summed E-state index contributed by atoms with van der Waals surface area (Å²) in [5, 5.41) is 28.4. The molecule has 1 aliphatic rings. The van der Waals surface area contributed by atoms with Crippen molar-refractivity contribution in [2.75, 3.05) is 39.3 Å². The van der Waals surface area contributed by atoms with Gasteiger partial charge in [0.1, 0.15) is 42.3 Å². The van der Waals surface area contributed by atoms with E-state index in [2.05, 4.69) is 52.2 Å². The van der Waals surface area contributed by atoms with Crippen LogP contribution in [0.25, 0.3) is 0 Å². The summed E-state index contributed by atoms with van der Waals surface area (Å²) in [6, 6.07) is -9.41. The van der Waals surface area contributed by atoms with Gasteiger partial charge >= 0.3 is 5.97 Å². The van der Waals surface area contributed by atoms with Crippen LogP contribution in [0.1, 0.15) is 125 Å². The second-order valence-corrected chi connectivity index (χ2v) is 20.3. The number of unbranched alkanes of at least 4 members (excludes halogenated alkanes) is 1. The monoisotopic (exact) mass is 1090 g/mol. The lowest BCUT2D eigenvalue weighted by Gasteiger charge is -2.31. The number of nitrogens with one attached hydrogen (secondary N) is 7. The molecule has 0 unspecified atom stereocenters. The molecule has 0 radical (unpaired) electrons. The van der Waals surface area contributed by atoms with Gasteiger partial charge in [0.05, 0.1) is 12.6 Å². The van der Waals surface area contributed by atoms with Crippen molar-refractivity contribution in [3.63, 3.8) is 0 Å². The van der Waals surface area contributed by atoms with Gasteiger partial charge in [0, 0.05) is 26.2 Å². The fraction of sp³-hybridized carbons (Fsp3) is 0.750. The molecule has 29 heteroatoms. The minimum absolute atomic E-state index is 0.00222. The first-order valence-electron chi connectivity index (χ1n) is 26.4. The summed E-state index contributed by atoms with van der Waals surface area (Å²) in [5.74, 6) is -8.13. The van der Waals surface area contributed by atoms with E-state index in [0.29, 0.717) is 32.2 Å². The zero-order valence-electron chi connectivity index (χ0n) is 45.8. The molecule has 1 fully saturated rings. The van der Waals surface area contributed by atoms with Gasteiger partial charge in [-0.1, -0.05) is 41.5 Å². The van der Waals surface area contributed by atoms with Crippen LogP contribution >= 0.6 is 0 Å². The highest BCUT2D eigenvalue weighted by molar-refractivity contribution is 5.98. The number of hydrogen-bond donors (Lipinski definition) is 16. The van der Waals surface area contributed by atoms with Crippen LogP contribution in [0.5, 0.6) is 0 Å². The van der Waals surface area contributed by atoms with Crippen LogP contribution in [0.2, 0.25) is 0 Å². The van der Waals surface area contributed by atoms with E-state index < -0.39 is 114 Å². The fourth-order valence-corrected chi connectivity index (χ4v) is 8.25. The third-order valence-electron chi connectivity index (χ3n) is 12.2. The molecule has 1 rings (SSSR count). The number of aliphatic imine (C=N–C) groups is 3. The Bertz CT molecular complexity index is 2020. The number of carbonyl (C=O) groups is 9. The topological polar surface area (TPSA) is 507 Å². The van der Waals surface area contributed by atoms with Crippen molar-refractivity contribution in [3.8, 4) is 0 Å². The van der Waals surface area contributed by atoms with Gasteiger partial charge in [0.25, 0.3) is 0 Å². The number of likely N-dealkylation sites (tertiary alicyclic amines) is 1. The van der Waals surface area contributed by atoms with Gasteiger partial charge in [-0.2, -0.15) is 0 Å². The lowest BCUT2D eigenvalue weighted by atomic mass is 9.99. The Labute approximate surface area is 451 Å². The quantitative estimate of drug-likeness (QED) is 0.0158. The Balaban J connectivity index is 3.39. The largest absolute Gasteiger partial charge is 0.480 e. The van der Waals surface area contributed by atoms with E-state index in [0.717, 1.165) is 0 Å². The van der Waals surface area contributed by atoms with E-state index in [4.69, 9.17) is 45.9 Å². The van der Waals surface area contributed by atoms with E-state index in [1.54, 1.807) is 41.5 Å². The molecular weight excluding hydrogens is 1000 g/mol. The average Bonchev–Trinajstić information content (AvgIpc) is 3.84. The minimum atomic E-state index is -1.32. The maximum absolute atomic E-state index is 14.3. The number of hydrogen-bond acceptors (Lipinski definition) is 14. The Kier molecular flexibility index (Phi) is 31.8.